The van der Waals surface area contributed by atoms with E-state index in [-0.39, 0.29) is 11.0 Å². The molecule has 0 radical (unpaired) electrons. The fourth-order valence-electron chi connectivity index (χ4n) is 2.57. The predicted molar refractivity (Wildman–Crippen MR) is 95.1 cm³/mol. The van der Waals surface area contributed by atoms with Crippen molar-refractivity contribution < 1.29 is 9.53 Å². The molecule has 0 bridgehead atoms. The van der Waals surface area contributed by atoms with Crippen LogP contribution in [0.15, 0.2) is 29.4 Å². The normalized spacial score (nSPS) is 16.2. The van der Waals surface area contributed by atoms with Crippen molar-refractivity contribution in [3.8, 4) is 5.69 Å². The number of para-hydroxylation sites is 1. The Kier molecular flexibility index (Phi) is 5.20. The van der Waals surface area contributed by atoms with Crippen LogP contribution in [0.3, 0.4) is 0 Å². The van der Waals surface area contributed by atoms with Gasteiger partial charge in [-0.1, -0.05) is 30.0 Å². The number of benzene rings is 1. The third kappa shape index (κ3) is 3.47. The second kappa shape index (κ2) is 7.36. The summed E-state index contributed by atoms with van der Waals surface area (Å²) < 4.78 is 7.50. The number of rotatable bonds is 5. The zero-order chi connectivity index (χ0) is 17.1. The van der Waals surface area contributed by atoms with E-state index in [0.717, 1.165) is 35.4 Å². The molecule has 1 saturated heterocycles. The zero-order valence-electron chi connectivity index (χ0n) is 14.2. The molecule has 1 fully saturated rings. The number of Topliss-reactive ketones (excluding diaryl/α,β-unsaturated/α-hetero) is 1. The summed E-state index contributed by atoms with van der Waals surface area (Å²) in [6, 6.07) is 8.16. The van der Waals surface area contributed by atoms with Crippen molar-refractivity contribution in [1.82, 2.24) is 14.8 Å². The van der Waals surface area contributed by atoms with Crippen LogP contribution in [0, 0.1) is 6.92 Å². The molecule has 2 heterocycles. The molecule has 3 rings (SSSR count). The van der Waals surface area contributed by atoms with Crippen LogP contribution in [-0.4, -0.2) is 52.1 Å². The van der Waals surface area contributed by atoms with Crippen LogP contribution < -0.4 is 4.90 Å². The monoisotopic (exact) mass is 346 g/mol. The molecule has 1 atom stereocenters. The van der Waals surface area contributed by atoms with Gasteiger partial charge in [-0.3, -0.25) is 9.36 Å². The minimum atomic E-state index is -0.158. The Hall–Kier alpha value is -1.86. The number of ketones is 1. The van der Waals surface area contributed by atoms with Crippen LogP contribution in [0.1, 0.15) is 19.4 Å². The first-order chi connectivity index (χ1) is 11.6. The largest absolute Gasteiger partial charge is 0.378 e. The molecule has 2 aromatic rings. The van der Waals surface area contributed by atoms with Gasteiger partial charge in [0.2, 0.25) is 5.95 Å². The molecule has 6 nitrogen and oxygen atoms in total. The molecule has 1 aliphatic rings. The van der Waals surface area contributed by atoms with Crippen LogP contribution >= 0.6 is 11.8 Å². The average molecular weight is 346 g/mol. The summed E-state index contributed by atoms with van der Waals surface area (Å²) in [4.78, 5) is 13.9. The molecule has 0 amide bonds. The predicted octanol–water partition coefficient (Wildman–Crippen LogP) is 2.48. The molecule has 0 aliphatic carbocycles. The lowest BCUT2D eigenvalue weighted by atomic mass is 10.2. The number of aromatic nitrogens is 3. The minimum Gasteiger partial charge on any atom is -0.378 e. The highest BCUT2D eigenvalue weighted by Crippen LogP contribution is 2.31. The van der Waals surface area contributed by atoms with Crippen LogP contribution in [0.2, 0.25) is 0 Å². The smallest absolute Gasteiger partial charge is 0.232 e. The van der Waals surface area contributed by atoms with E-state index in [9.17, 15) is 4.79 Å². The van der Waals surface area contributed by atoms with E-state index in [0.29, 0.717) is 13.2 Å². The highest BCUT2D eigenvalue weighted by atomic mass is 32.2. The van der Waals surface area contributed by atoms with Gasteiger partial charge < -0.3 is 9.64 Å². The van der Waals surface area contributed by atoms with Crippen molar-refractivity contribution in [3.63, 3.8) is 0 Å². The number of hydrogen-bond acceptors (Lipinski definition) is 6. The van der Waals surface area contributed by atoms with E-state index in [1.165, 1.54) is 11.8 Å². The number of carbonyl (C=O) groups is 1. The Morgan fingerprint density at radius 3 is 2.62 bits per heavy atom. The van der Waals surface area contributed by atoms with Crippen molar-refractivity contribution in [3.05, 3.63) is 29.8 Å². The van der Waals surface area contributed by atoms with E-state index in [4.69, 9.17) is 4.74 Å². The number of anilines is 1. The third-order valence-corrected chi connectivity index (χ3v) is 5.28. The van der Waals surface area contributed by atoms with E-state index in [1.54, 1.807) is 6.92 Å². The zero-order valence-corrected chi connectivity index (χ0v) is 15.0. The molecule has 1 aromatic heterocycles. The summed E-state index contributed by atoms with van der Waals surface area (Å²) in [5, 5.41) is 9.38. The minimum absolute atomic E-state index is 0.132. The molecule has 0 saturated carbocycles. The van der Waals surface area contributed by atoms with Crippen molar-refractivity contribution in [2.75, 3.05) is 31.2 Å². The van der Waals surface area contributed by atoms with Gasteiger partial charge >= 0.3 is 0 Å². The maximum absolute atomic E-state index is 11.7. The first kappa shape index (κ1) is 17.0. The van der Waals surface area contributed by atoms with Gasteiger partial charge in [-0.15, -0.1) is 10.2 Å². The van der Waals surface area contributed by atoms with E-state index >= 15 is 0 Å². The number of thioether (sulfide) groups is 1. The van der Waals surface area contributed by atoms with Gasteiger partial charge in [0.25, 0.3) is 0 Å². The van der Waals surface area contributed by atoms with Gasteiger partial charge in [-0.25, -0.2) is 0 Å². The van der Waals surface area contributed by atoms with Crippen LogP contribution in [0.4, 0.5) is 5.95 Å². The van der Waals surface area contributed by atoms with Gasteiger partial charge in [-0.05, 0) is 32.4 Å². The number of carbonyl (C=O) groups excluding carboxylic acids is 1. The average Bonchev–Trinajstić information content (AvgIpc) is 2.99. The van der Waals surface area contributed by atoms with Crippen molar-refractivity contribution in [2.24, 2.45) is 0 Å². The van der Waals surface area contributed by atoms with Gasteiger partial charge in [0, 0.05) is 13.1 Å². The molecule has 1 aromatic carbocycles. The van der Waals surface area contributed by atoms with Crippen LogP contribution in [0.25, 0.3) is 5.69 Å². The SMILES string of the molecule is CC(=O)[C@H](C)Sc1nnc(N2CCOCC2)n1-c1ccccc1C. The number of hydrogen-bond donors (Lipinski definition) is 0. The van der Waals surface area contributed by atoms with E-state index in [2.05, 4.69) is 38.7 Å². The second-order valence-electron chi connectivity index (χ2n) is 5.87. The summed E-state index contributed by atoms with van der Waals surface area (Å²) in [5.74, 6) is 0.943. The first-order valence-electron chi connectivity index (χ1n) is 8.09. The first-order valence-corrected chi connectivity index (χ1v) is 8.97. The van der Waals surface area contributed by atoms with Crippen LogP contribution in [-0.2, 0) is 9.53 Å². The van der Waals surface area contributed by atoms with Gasteiger partial charge in [0.1, 0.15) is 5.78 Å². The molecule has 24 heavy (non-hydrogen) atoms. The Morgan fingerprint density at radius 2 is 1.96 bits per heavy atom. The molecular weight excluding hydrogens is 324 g/mol. The van der Waals surface area contributed by atoms with Crippen molar-refractivity contribution >= 4 is 23.5 Å². The fraction of sp³-hybridized carbons (Fsp3) is 0.471. The second-order valence-corrected chi connectivity index (χ2v) is 7.18. The molecule has 0 spiro atoms. The lowest BCUT2D eigenvalue weighted by molar-refractivity contribution is -0.116. The van der Waals surface area contributed by atoms with E-state index in [1.807, 2.05) is 19.1 Å². The highest BCUT2D eigenvalue weighted by molar-refractivity contribution is 8.00. The maximum atomic E-state index is 11.7. The summed E-state index contributed by atoms with van der Waals surface area (Å²) >= 11 is 1.45. The summed E-state index contributed by atoms with van der Waals surface area (Å²) in [6.07, 6.45) is 0. The van der Waals surface area contributed by atoms with Gasteiger partial charge in [0.15, 0.2) is 5.16 Å². The summed E-state index contributed by atoms with van der Waals surface area (Å²) in [5.41, 5.74) is 2.19. The van der Waals surface area contributed by atoms with Crippen LogP contribution in [0.5, 0.6) is 0 Å². The Morgan fingerprint density at radius 1 is 1.25 bits per heavy atom. The quantitative estimate of drug-likeness (QED) is 0.775. The third-order valence-electron chi connectivity index (χ3n) is 4.12. The fourth-order valence-corrected chi connectivity index (χ4v) is 3.43. The van der Waals surface area contributed by atoms with Gasteiger partial charge in [0.05, 0.1) is 24.2 Å². The summed E-state index contributed by atoms with van der Waals surface area (Å²) in [7, 11) is 0. The van der Waals surface area contributed by atoms with E-state index < -0.39 is 0 Å². The standard InChI is InChI=1S/C17H22N4O2S/c1-12-6-4-5-7-15(12)21-16(20-8-10-23-11-9-20)18-19-17(21)24-14(3)13(2)22/h4-7,14H,8-11H2,1-3H3/t14-/m0/s1. The molecule has 0 unspecified atom stereocenters. The number of aryl methyl sites for hydroxylation is 1. The molecule has 7 heteroatoms. The van der Waals surface area contributed by atoms with Crippen molar-refractivity contribution in [2.45, 2.75) is 31.2 Å². The number of nitrogens with zero attached hydrogens (tertiary/aromatic N) is 4. The number of morpholine rings is 1. The lowest BCUT2D eigenvalue weighted by Crippen LogP contribution is -2.38. The number of ether oxygens (including phenoxy) is 1. The Balaban J connectivity index is 2.05. The lowest BCUT2D eigenvalue weighted by Gasteiger charge is -2.28. The summed E-state index contributed by atoms with van der Waals surface area (Å²) in [6.45, 7) is 8.53. The molecule has 128 valence electrons. The highest BCUT2D eigenvalue weighted by Gasteiger charge is 2.24. The maximum Gasteiger partial charge on any atom is 0.232 e. The Bertz CT molecular complexity index is 725. The Labute approximate surface area is 146 Å². The molecular formula is C17H22N4O2S. The van der Waals surface area contributed by atoms with Gasteiger partial charge in [-0.2, -0.15) is 0 Å². The topological polar surface area (TPSA) is 60.3 Å². The molecule has 1 aliphatic heterocycles. The van der Waals surface area contributed by atoms with Crippen molar-refractivity contribution in [1.29, 1.82) is 0 Å². The molecule has 0 N–H and O–H groups in total.